The summed E-state index contributed by atoms with van der Waals surface area (Å²) >= 11 is 0. The van der Waals surface area contributed by atoms with Gasteiger partial charge in [-0.2, -0.15) is 0 Å². The largest absolute Gasteiger partial charge is 0.343 e. The number of oxime groups is 1. The van der Waals surface area contributed by atoms with E-state index in [9.17, 15) is 4.79 Å². The van der Waals surface area contributed by atoms with Crippen LogP contribution in [0.4, 0.5) is 0 Å². The molecule has 0 N–H and O–H groups in total. The van der Waals surface area contributed by atoms with Crippen molar-refractivity contribution in [2.75, 3.05) is 0 Å². The molecule has 94 valence electrons. The molecule has 19 heavy (non-hydrogen) atoms. The Morgan fingerprint density at radius 3 is 2.21 bits per heavy atom. The minimum absolute atomic E-state index is 0.294. The molecule has 3 heteroatoms. The SMILES string of the molecule is CC1C(=O)ON=C1c1ccccc1-c1ccccc1. The summed E-state index contributed by atoms with van der Waals surface area (Å²) < 4.78 is 0. The fourth-order valence-electron chi connectivity index (χ4n) is 2.22. The second-order valence-electron chi connectivity index (χ2n) is 4.52. The highest BCUT2D eigenvalue weighted by Gasteiger charge is 2.30. The first-order valence-corrected chi connectivity index (χ1v) is 6.21. The maximum Gasteiger partial charge on any atom is 0.343 e. The first-order chi connectivity index (χ1) is 9.27. The molecule has 3 rings (SSSR count). The van der Waals surface area contributed by atoms with Crippen molar-refractivity contribution < 1.29 is 9.63 Å². The summed E-state index contributed by atoms with van der Waals surface area (Å²) in [7, 11) is 0. The van der Waals surface area contributed by atoms with Crippen molar-refractivity contribution in [1.82, 2.24) is 0 Å². The Kier molecular flexibility index (Phi) is 2.88. The van der Waals surface area contributed by atoms with E-state index in [2.05, 4.69) is 5.16 Å². The molecular weight excluding hydrogens is 238 g/mol. The molecule has 2 aromatic rings. The first-order valence-electron chi connectivity index (χ1n) is 6.21. The number of carbonyl (C=O) groups is 1. The van der Waals surface area contributed by atoms with Crippen molar-refractivity contribution in [2.45, 2.75) is 6.92 Å². The fourth-order valence-corrected chi connectivity index (χ4v) is 2.22. The molecule has 0 saturated carbocycles. The zero-order chi connectivity index (χ0) is 13.2. The summed E-state index contributed by atoms with van der Waals surface area (Å²) in [4.78, 5) is 16.2. The van der Waals surface area contributed by atoms with Crippen molar-refractivity contribution in [3.05, 3.63) is 60.2 Å². The predicted molar refractivity (Wildman–Crippen MR) is 73.7 cm³/mol. The lowest BCUT2D eigenvalue weighted by Gasteiger charge is -2.10. The standard InChI is InChI=1S/C16H13NO2/c1-11-15(17-19-16(11)18)14-10-6-5-9-13(14)12-7-3-2-4-8-12/h2-11H,1H3. The first kappa shape index (κ1) is 11.7. The predicted octanol–water partition coefficient (Wildman–Crippen LogP) is 3.25. The lowest BCUT2D eigenvalue weighted by Crippen LogP contribution is -2.15. The molecule has 1 aliphatic heterocycles. The molecule has 0 radical (unpaired) electrons. The van der Waals surface area contributed by atoms with Crippen LogP contribution in [0.2, 0.25) is 0 Å². The second kappa shape index (κ2) is 4.69. The fraction of sp³-hybridized carbons (Fsp3) is 0.125. The van der Waals surface area contributed by atoms with E-state index in [-0.39, 0.29) is 11.9 Å². The van der Waals surface area contributed by atoms with Crippen molar-refractivity contribution in [3.63, 3.8) is 0 Å². The van der Waals surface area contributed by atoms with Crippen LogP contribution in [-0.4, -0.2) is 11.7 Å². The third kappa shape index (κ3) is 2.03. The molecule has 0 amide bonds. The average Bonchev–Trinajstić information content (AvgIpc) is 2.80. The summed E-state index contributed by atoms with van der Waals surface area (Å²) in [5, 5.41) is 3.92. The van der Waals surface area contributed by atoms with Gasteiger partial charge in [-0.25, -0.2) is 4.79 Å². The average molecular weight is 251 g/mol. The van der Waals surface area contributed by atoms with E-state index in [0.717, 1.165) is 16.7 Å². The quantitative estimate of drug-likeness (QED) is 0.768. The van der Waals surface area contributed by atoms with Crippen LogP contribution in [0.3, 0.4) is 0 Å². The van der Waals surface area contributed by atoms with Gasteiger partial charge in [0.2, 0.25) is 0 Å². The smallest absolute Gasteiger partial charge is 0.317 e. The molecule has 0 spiro atoms. The molecule has 1 aliphatic rings. The lowest BCUT2D eigenvalue weighted by atomic mass is 9.91. The second-order valence-corrected chi connectivity index (χ2v) is 4.52. The van der Waals surface area contributed by atoms with Gasteiger partial charge in [-0.05, 0) is 18.1 Å². The van der Waals surface area contributed by atoms with E-state index >= 15 is 0 Å². The van der Waals surface area contributed by atoms with Crippen molar-refractivity contribution in [3.8, 4) is 11.1 Å². The van der Waals surface area contributed by atoms with Gasteiger partial charge >= 0.3 is 5.97 Å². The van der Waals surface area contributed by atoms with Gasteiger partial charge in [0.1, 0.15) is 11.6 Å². The molecule has 1 unspecified atom stereocenters. The van der Waals surface area contributed by atoms with Crippen LogP contribution in [-0.2, 0) is 9.63 Å². The van der Waals surface area contributed by atoms with E-state index < -0.39 is 0 Å². The van der Waals surface area contributed by atoms with Gasteiger partial charge in [-0.1, -0.05) is 59.8 Å². The molecular formula is C16H13NO2. The molecule has 1 atom stereocenters. The molecule has 1 heterocycles. The molecule has 2 aromatic carbocycles. The van der Waals surface area contributed by atoms with Gasteiger partial charge < -0.3 is 4.84 Å². The lowest BCUT2D eigenvalue weighted by molar-refractivity contribution is -0.142. The summed E-state index contributed by atoms with van der Waals surface area (Å²) in [5.41, 5.74) is 3.82. The van der Waals surface area contributed by atoms with E-state index in [1.807, 2.05) is 61.5 Å². The number of hydrogen-bond donors (Lipinski definition) is 0. The van der Waals surface area contributed by atoms with E-state index in [4.69, 9.17) is 4.84 Å². The molecule has 0 saturated heterocycles. The molecule has 0 aliphatic carbocycles. The topological polar surface area (TPSA) is 38.7 Å². The Hall–Kier alpha value is -2.42. The summed E-state index contributed by atoms with van der Waals surface area (Å²) in [5.74, 6) is -0.609. The minimum Gasteiger partial charge on any atom is -0.317 e. The van der Waals surface area contributed by atoms with Gasteiger partial charge in [0.05, 0.1) is 0 Å². The Morgan fingerprint density at radius 2 is 1.58 bits per heavy atom. The molecule has 3 nitrogen and oxygen atoms in total. The Labute approximate surface area is 111 Å². The number of carbonyl (C=O) groups excluding carboxylic acids is 1. The maximum absolute atomic E-state index is 11.5. The van der Waals surface area contributed by atoms with Gasteiger partial charge in [0.25, 0.3) is 0 Å². The van der Waals surface area contributed by atoms with Crippen molar-refractivity contribution in [1.29, 1.82) is 0 Å². The van der Waals surface area contributed by atoms with E-state index in [0.29, 0.717) is 5.71 Å². The summed E-state index contributed by atoms with van der Waals surface area (Å²) in [6, 6.07) is 18.0. The van der Waals surface area contributed by atoms with Crippen LogP contribution in [0.5, 0.6) is 0 Å². The molecule has 0 bridgehead atoms. The monoisotopic (exact) mass is 251 g/mol. The third-order valence-corrected chi connectivity index (χ3v) is 3.29. The number of benzene rings is 2. The normalized spacial score (nSPS) is 18.1. The summed E-state index contributed by atoms with van der Waals surface area (Å²) in [6.07, 6.45) is 0. The molecule has 0 fully saturated rings. The van der Waals surface area contributed by atoms with E-state index in [1.165, 1.54) is 0 Å². The number of hydrogen-bond acceptors (Lipinski definition) is 3. The Morgan fingerprint density at radius 1 is 0.947 bits per heavy atom. The highest BCUT2D eigenvalue weighted by molar-refractivity contribution is 6.16. The Bertz CT molecular complexity index is 647. The van der Waals surface area contributed by atoms with Gasteiger partial charge in [-0.3, -0.25) is 0 Å². The highest BCUT2D eigenvalue weighted by Crippen LogP contribution is 2.28. The van der Waals surface area contributed by atoms with Crippen LogP contribution in [0.15, 0.2) is 59.8 Å². The zero-order valence-electron chi connectivity index (χ0n) is 10.5. The van der Waals surface area contributed by atoms with Gasteiger partial charge in [-0.15, -0.1) is 0 Å². The zero-order valence-corrected chi connectivity index (χ0v) is 10.5. The van der Waals surface area contributed by atoms with Gasteiger partial charge in [0, 0.05) is 5.56 Å². The third-order valence-electron chi connectivity index (χ3n) is 3.29. The van der Waals surface area contributed by atoms with E-state index in [1.54, 1.807) is 0 Å². The number of rotatable bonds is 2. The van der Waals surface area contributed by atoms with Crippen molar-refractivity contribution in [2.24, 2.45) is 11.1 Å². The van der Waals surface area contributed by atoms with Crippen LogP contribution in [0, 0.1) is 5.92 Å². The van der Waals surface area contributed by atoms with Crippen molar-refractivity contribution >= 4 is 11.7 Å². The Balaban J connectivity index is 2.11. The highest BCUT2D eigenvalue weighted by atomic mass is 16.7. The van der Waals surface area contributed by atoms with Crippen LogP contribution < -0.4 is 0 Å². The maximum atomic E-state index is 11.5. The van der Waals surface area contributed by atoms with Gasteiger partial charge in [0.15, 0.2) is 0 Å². The van der Waals surface area contributed by atoms with Crippen LogP contribution >= 0.6 is 0 Å². The van der Waals surface area contributed by atoms with Crippen LogP contribution in [0.25, 0.3) is 11.1 Å². The molecule has 0 aromatic heterocycles. The summed E-state index contributed by atoms with van der Waals surface area (Å²) in [6.45, 7) is 1.82. The number of nitrogens with zero attached hydrogens (tertiary/aromatic N) is 1. The minimum atomic E-state index is -0.315. The van der Waals surface area contributed by atoms with Crippen LogP contribution in [0.1, 0.15) is 12.5 Å².